The summed E-state index contributed by atoms with van der Waals surface area (Å²) in [5, 5.41) is 4.60. The molecule has 39 heavy (non-hydrogen) atoms. The van der Waals surface area contributed by atoms with Gasteiger partial charge in [-0.3, -0.25) is 4.90 Å². The summed E-state index contributed by atoms with van der Waals surface area (Å²) in [6, 6.07) is 9.30. The van der Waals surface area contributed by atoms with Crippen molar-refractivity contribution in [3.63, 3.8) is 0 Å². The molecule has 0 amide bonds. The fraction of sp³-hybridized carbons (Fsp3) is 0.500. The fourth-order valence-corrected chi connectivity index (χ4v) is 4.94. The zero-order valence-electron chi connectivity index (χ0n) is 22.5. The third-order valence-electron chi connectivity index (χ3n) is 6.96. The first-order valence-electron chi connectivity index (χ1n) is 13.3. The van der Waals surface area contributed by atoms with E-state index in [4.69, 9.17) is 35.3 Å². The molecule has 2 aromatic carbocycles. The Bertz CT molecular complexity index is 1230. The van der Waals surface area contributed by atoms with Gasteiger partial charge in [0, 0.05) is 64.8 Å². The summed E-state index contributed by atoms with van der Waals surface area (Å²) in [7, 11) is 3.73. The van der Waals surface area contributed by atoms with Gasteiger partial charge in [-0.1, -0.05) is 17.7 Å². The van der Waals surface area contributed by atoms with Crippen molar-refractivity contribution in [3.8, 4) is 17.2 Å². The van der Waals surface area contributed by atoms with Crippen LogP contribution in [0.4, 0.5) is 11.5 Å². The lowest BCUT2D eigenvalue weighted by molar-refractivity contribution is 0.0261. The van der Waals surface area contributed by atoms with Gasteiger partial charge in [0.1, 0.15) is 47.8 Å². The number of piperazine rings is 1. The Morgan fingerprint density at radius 2 is 1.87 bits per heavy atom. The van der Waals surface area contributed by atoms with Gasteiger partial charge in [-0.05, 0) is 19.2 Å². The van der Waals surface area contributed by atoms with Gasteiger partial charge >= 0.3 is 0 Å². The van der Waals surface area contributed by atoms with Crippen LogP contribution in [0.2, 0.25) is 5.02 Å². The molecule has 10 nitrogen and oxygen atoms in total. The molecule has 5 rings (SSSR count). The van der Waals surface area contributed by atoms with Gasteiger partial charge in [0.05, 0.1) is 29.1 Å². The molecule has 0 bridgehead atoms. The zero-order chi connectivity index (χ0) is 27.0. The molecule has 11 heteroatoms. The number of rotatable bonds is 11. The normalized spacial score (nSPS) is 17.3. The van der Waals surface area contributed by atoms with Gasteiger partial charge in [-0.15, -0.1) is 0 Å². The van der Waals surface area contributed by atoms with Crippen LogP contribution in [0, 0.1) is 0 Å². The van der Waals surface area contributed by atoms with Gasteiger partial charge in [-0.2, -0.15) is 0 Å². The van der Waals surface area contributed by atoms with E-state index >= 15 is 0 Å². The van der Waals surface area contributed by atoms with Crippen molar-refractivity contribution in [2.45, 2.75) is 18.9 Å². The van der Waals surface area contributed by atoms with Crippen LogP contribution in [0.25, 0.3) is 10.9 Å². The number of hydrogen-bond acceptors (Lipinski definition) is 10. The van der Waals surface area contributed by atoms with Crippen LogP contribution >= 0.6 is 11.6 Å². The zero-order valence-corrected chi connectivity index (χ0v) is 23.3. The van der Waals surface area contributed by atoms with Crippen LogP contribution in [-0.2, 0) is 9.47 Å². The van der Waals surface area contributed by atoms with Crippen molar-refractivity contribution in [2.75, 3.05) is 78.8 Å². The summed E-state index contributed by atoms with van der Waals surface area (Å²) in [6.45, 7) is 7.15. The van der Waals surface area contributed by atoms with Crippen molar-refractivity contribution in [1.82, 2.24) is 19.8 Å². The van der Waals surface area contributed by atoms with Gasteiger partial charge in [-0.25, -0.2) is 9.97 Å². The molecule has 2 saturated heterocycles. The predicted molar refractivity (Wildman–Crippen MR) is 151 cm³/mol. The molecular formula is C28H36ClN5O5. The first-order valence-corrected chi connectivity index (χ1v) is 13.7. The number of ether oxygens (including phenoxy) is 5. The Hall–Kier alpha value is -2.89. The SMILES string of the molecule is COCOc1cccc(Cl)c1Nc1ncnc2cc(OCCN3CCN(C)CC3)cc(OC3CCOCC3)c12. The van der Waals surface area contributed by atoms with Gasteiger partial charge < -0.3 is 33.9 Å². The van der Waals surface area contributed by atoms with E-state index in [1.54, 1.807) is 13.2 Å². The summed E-state index contributed by atoms with van der Waals surface area (Å²) in [4.78, 5) is 13.9. The topological polar surface area (TPSA) is 90.4 Å². The van der Waals surface area contributed by atoms with E-state index < -0.39 is 0 Å². The quantitative estimate of drug-likeness (QED) is 0.346. The second-order valence-corrected chi connectivity index (χ2v) is 10.2. The Morgan fingerprint density at radius 3 is 2.67 bits per heavy atom. The summed E-state index contributed by atoms with van der Waals surface area (Å²) >= 11 is 6.56. The summed E-state index contributed by atoms with van der Waals surface area (Å²) in [6.07, 6.45) is 3.16. The Kier molecular flexibility index (Phi) is 9.54. The molecule has 2 aliphatic rings. The largest absolute Gasteiger partial charge is 0.492 e. The molecule has 0 aliphatic carbocycles. The van der Waals surface area contributed by atoms with Crippen LogP contribution in [0.3, 0.4) is 0 Å². The van der Waals surface area contributed by atoms with Crippen LogP contribution < -0.4 is 19.5 Å². The predicted octanol–water partition coefficient (Wildman–Crippen LogP) is 4.19. The number of para-hydroxylation sites is 1. The van der Waals surface area contributed by atoms with Crippen molar-refractivity contribution in [2.24, 2.45) is 0 Å². The second kappa shape index (κ2) is 13.5. The number of halogens is 1. The number of nitrogens with one attached hydrogen (secondary N) is 1. The number of anilines is 2. The van der Waals surface area contributed by atoms with Gasteiger partial charge in [0.2, 0.25) is 0 Å². The average Bonchev–Trinajstić information content (AvgIpc) is 2.95. The highest BCUT2D eigenvalue weighted by Crippen LogP contribution is 2.40. The van der Waals surface area contributed by atoms with E-state index in [0.717, 1.165) is 51.0 Å². The first-order chi connectivity index (χ1) is 19.1. The minimum Gasteiger partial charge on any atom is -0.492 e. The number of benzene rings is 2. The second-order valence-electron chi connectivity index (χ2n) is 9.75. The third kappa shape index (κ3) is 7.20. The van der Waals surface area contributed by atoms with Gasteiger partial charge in [0.25, 0.3) is 0 Å². The molecule has 3 heterocycles. The minimum absolute atomic E-state index is 0.0245. The summed E-state index contributed by atoms with van der Waals surface area (Å²) in [5.41, 5.74) is 1.29. The number of hydrogen-bond donors (Lipinski definition) is 1. The van der Waals surface area contributed by atoms with E-state index in [2.05, 4.69) is 32.1 Å². The van der Waals surface area contributed by atoms with Crippen molar-refractivity contribution in [1.29, 1.82) is 0 Å². The molecule has 0 radical (unpaired) electrons. The van der Waals surface area contributed by atoms with Crippen molar-refractivity contribution >= 4 is 34.0 Å². The standard InChI is InChI=1S/C28H36ClN5O5/c1-33-8-10-34(11-9-33)12-15-37-21-16-23-26(25(17-21)39-20-6-13-36-14-7-20)28(31-18-30-23)32-27-22(29)4-3-5-24(27)38-19-35-2/h3-5,16-18,20H,6-15,19H2,1-2H3,(H,30,31,32). The smallest absolute Gasteiger partial charge is 0.188 e. The van der Waals surface area contributed by atoms with Crippen molar-refractivity contribution in [3.05, 3.63) is 41.7 Å². The molecule has 210 valence electrons. The Balaban J connectivity index is 1.43. The maximum Gasteiger partial charge on any atom is 0.188 e. The molecule has 2 aliphatic heterocycles. The van der Waals surface area contributed by atoms with E-state index in [1.807, 2.05) is 24.3 Å². The minimum atomic E-state index is 0.0245. The molecule has 2 fully saturated rings. The highest BCUT2D eigenvalue weighted by Gasteiger charge is 2.21. The van der Waals surface area contributed by atoms with Crippen LogP contribution in [0.5, 0.6) is 17.2 Å². The number of aromatic nitrogens is 2. The third-order valence-corrected chi connectivity index (χ3v) is 7.28. The van der Waals surface area contributed by atoms with E-state index in [-0.39, 0.29) is 12.9 Å². The number of likely N-dealkylation sites (N-methyl/N-ethyl adjacent to an activating group) is 1. The Morgan fingerprint density at radius 1 is 1.05 bits per heavy atom. The molecule has 3 aromatic rings. The molecule has 1 aromatic heterocycles. The number of nitrogens with zero attached hydrogens (tertiary/aromatic N) is 4. The molecule has 0 saturated carbocycles. The Labute approximate surface area is 234 Å². The van der Waals surface area contributed by atoms with Crippen LogP contribution in [-0.4, -0.2) is 99.4 Å². The average molecular weight is 558 g/mol. The van der Waals surface area contributed by atoms with Crippen LogP contribution in [0.15, 0.2) is 36.7 Å². The molecule has 0 spiro atoms. The van der Waals surface area contributed by atoms with Gasteiger partial charge in [0.15, 0.2) is 6.79 Å². The monoisotopic (exact) mass is 557 g/mol. The van der Waals surface area contributed by atoms with E-state index in [1.165, 1.54) is 6.33 Å². The van der Waals surface area contributed by atoms with E-state index in [9.17, 15) is 0 Å². The first kappa shape index (κ1) is 27.7. The molecule has 0 atom stereocenters. The highest BCUT2D eigenvalue weighted by atomic mass is 35.5. The lowest BCUT2D eigenvalue weighted by Crippen LogP contribution is -2.45. The molecule has 1 N–H and O–H groups in total. The fourth-order valence-electron chi connectivity index (χ4n) is 4.72. The maximum absolute atomic E-state index is 6.56. The summed E-state index contributed by atoms with van der Waals surface area (Å²) < 4.78 is 29.1. The number of fused-ring (bicyclic) bond motifs is 1. The number of methoxy groups -OCH3 is 1. The lowest BCUT2D eigenvalue weighted by atomic mass is 10.1. The van der Waals surface area contributed by atoms with Crippen LogP contribution in [0.1, 0.15) is 12.8 Å². The highest BCUT2D eigenvalue weighted by molar-refractivity contribution is 6.33. The van der Waals surface area contributed by atoms with Crippen molar-refractivity contribution < 1.29 is 23.7 Å². The molecular weight excluding hydrogens is 522 g/mol. The molecule has 0 unspecified atom stereocenters. The van der Waals surface area contributed by atoms with E-state index in [0.29, 0.717) is 59.1 Å². The lowest BCUT2D eigenvalue weighted by Gasteiger charge is -2.32. The maximum atomic E-state index is 6.56. The summed E-state index contributed by atoms with van der Waals surface area (Å²) in [5.74, 6) is 2.47.